The van der Waals surface area contributed by atoms with E-state index in [1.54, 1.807) is 0 Å². The van der Waals surface area contributed by atoms with Crippen LogP contribution in [0, 0.1) is 0 Å². The SMILES string of the molecule is c1ccc(-c2cc(-c3ccccc3)cc(N(c3ccc4c(c3)C(c3ccccc3)(c3ccccc3)c3ccccc3-4)c3c(-c4cccc(-c5ccc6ccccc6c5)c4)c4ccccc4c4ccccc34)c2)cc1. The minimum Gasteiger partial charge on any atom is -0.309 e. The molecular formula is C73H49N. The molecular weight excluding hydrogens is 891 g/mol. The molecule has 1 aliphatic rings. The number of benzene rings is 13. The van der Waals surface area contributed by atoms with Crippen LogP contribution in [-0.2, 0) is 5.41 Å². The van der Waals surface area contributed by atoms with Crippen molar-refractivity contribution in [2.75, 3.05) is 4.90 Å². The van der Waals surface area contributed by atoms with Crippen molar-refractivity contribution in [1.82, 2.24) is 0 Å². The van der Waals surface area contributed by atoms with E-state index in [0.29, 0.717) is 0 Å². The summed E-state index contributed by atoms with van der Waals surface area (Å²) in [5.41, 5.74) is 19.5. The average Bonchev–Trinajstić information content (AvgIpc) is 3.79. The van der Waals surface area contributed by atoms with Crippen molar-refractivity contribution < 1.29 is 0 Å². The van der Waals surface area contributed by atoms with Gasteiger partial charge in [-0.3, -0.25) is 0 Å². The van der Waals surface area contributed by atoms with Crippen LogP contribution in [0.5, 0.6) is 0 Å². The molecule has 0 aromatic heterocycles. The largest absolute Gasteiger partial charge is 0.309 e. The fraction of sp³-hybridized carbons (Fsp3) is 0.0137. The molecule has 13 aromatic carbocycles. The Morgan fingerprint density at radius 1 is 0.243 bits per heavy atom. The van der Waals surface area contributed by atoms with E-state index >= 15 is 0 Å². The van der Waals surface area contributed by atoms with Gasteiger partial charge in [0, 0.05) is 22.3 Å². The first-order valence-electron chi connectivity index (χ1n) is 25.7. The monoisotopic (exact) mass is 939 g/mol. The van der Waals surface area contributed by atoms with Gasteiger partial charge in [0.15, 0.2) is 0 Å². The molecule has 0 saturated heterocycles. The predicted octanol–water partition coefficient (Wildman–Crippen LogP) is 19.6. The Labute approximate surface area is 432 Å². The maximum Gasteiger partial charge on any atom is 0.0714 e. The van der Waals surface area contributed by atoms with E-state index in [2.05, 4.69) is 302 Å². The zero-order chi connectivity index (χ0) is 49.0. The van der Waals surface area contributed by atoms with Gasteiger partial charge in [0.2, 0.25) is 0 Å². The predicted molar refractivity (Wildman–Crippen MR) is 313 cm³/mol. The second-order valence-corrected chi connectivity index (χ2v) is 19.6. The highest BCUT2D eigenvalue weighted by molar-refractivity contribution is 6.22. The molecule has 1 heteroatoms. The second kappa shape index (κ2) is 17.9. The Balaban J connectivity index is 1.12. The molecule has 74 heavy (non-hydrogen) atoms. The molecule has 1 aliphatic carbocycles. The van der Waals surface area contributed by atoms with Crippen molar-refractivity contribution >= 4 is 49.4 Å². The smallest absolute Gasteiger partial charge is 0.0714 e. The highest BCUT2D eigenvalue weighted by atomic mass is 15.1. The number of hydrogen-bond acceptors (Lipinski definition) is 1. The van der Waals surface area contributed by atoms with Crippen LogP contribution in [0.25, 0.3) is 88.0 Å². The summed E-state index contributed by atoms with van der Waals surface area (Å²) in [7, 11) is 0. The summed E-state index contributed by atoms with van der Waals surface area (Å²) >= 11 is 0. The summed E-state index contributed by atoms with van der Waals surface area (Å²) in [4.78, 5) is 2.59. The molecule has 14 rings (SSSR count). The van der Waals surface area contributed by atoms with Crippen LogP contribution in [0.3, 0.4) is 0 Å². The van der Waals surface area contributed by atoms with E-state index in [-0.39, 0.29) is 0 Å². The number of nitrogens with zero attached hydrogens (tertiary/aromatic N) is 1. The molecule has 0 bridgehead atoms. The zero-order valence-electron chi connectivity index (χ0n) is 40.7. The third-order valence-corrected chi connectivity index (χ3v) is 15.5. The summed E-state index contributed by atoms with van der Waals surface area (Å²) in [5, 5.41) is 7.26. The Kier molecular flexibility index (Phi) is 10.5. The standard InChI is InChI=1S/C73H49N/c1-5-22-50(23-6-1)57-46-58(51-24-7-2-8-25-51)48-62(47-57)74(61-42-43-66-65-36-19-20-39-69(65)73(70(66)49-61,59-30-9-3-10-31-59)60-32-11-4-12-33-60)72-68-38-18-16-35-64(68)63-34-15-17-37-67(63)71(72)56-29-21-28-54(45-56)55-41-40-52-26-13-14-27-53(52)44-55/h1-49H. The molecule has 0 amide bonds. The lowest BCUT2D eigenvalue weighted by Crippen LogP contribution is -2.28. The zero-order valence-corrected chi connectivity index (χ0v) is 40.7. The van der Waals surface area contributed by atoms with E-state index in [4.69, 9.17) is 0 Å². The van der Waals surface area contributed by atoms with Gasteiger partial charge in [-0.1, -0.05) is 255 Å². The highest BCUT2D eigenvalue weighted by Crippen LogP contribution is 2.58. The molecule has 0 saturated carbocycles. The molecule has 346 valence electrons. The van der Waals surface area contributed by atoms with Crippen molar-refractivity contribution in [3.8, 4) is 55.6 Å². The Morgan fingerprint density at radius 3 is 1.41 bits per heavy atom. The summed E-state index contributed by atoms with van der Waals surface area (Å²) < 4.78 is 0. The normalized spacial score (nSPS) is 12.4. The van der Waals surface area contributed by atoms with Gasteiger partial charge >= 0.3 is 0 Å². The van der Waals surface area contributed by atoms with Crippen molar-refractivity contribution in [1.29, 1.82) is 0 Å². The first kappa shape index (κ1) is 43.2. The molecule has 0 aliphatic heterocycles. The molecule has 0 atom stereocenters. The lowest BCUT2D eigenvalue weighted by Gasteiger charge is -2.35. The fourth-order valence-corrected chi connectivity index (χ4v) is 12.2. The Hall–Kier alpha value is -9.56. The molecule has 0 unspecified atom stereocenters. The van der Waals surface area contributed by atoms with Gasteiger partial charge in [-0.05, 0) is 142 Å². The second-order valence-electron chi connectivity index (χ2n) is 19.6. The number of hydrogen-bond donors (Lipinski definition) is 0. The lowest BCUT2D eigenvalue weighted by atomic mass is 9.67. The van der Waals surface area contributed by atoms with Crippen molar-refractivity contribution in [2.24, 2.45) is 0 Å². The van der Waals surface area contributed by atoms with Crippen LogP contribution in [0.1, 0.15) is 22.3 Å². The van der Waals surface area contributed by atoms with E-state index in [9.17, 15) is 0 Å². The van der Waals surface area contributed by atoms with E-state index in [0.717, 1.165) is 44.9 Å². The topological polar surface area (TPSA) is 3.24 Å². The third-order valence-electron chi connectivity index (χ3n) is 15.5. The molecule has 1 nitrogen and oxygen atoms in total. The molecule has 0 N–H and O–H groups in total. The number of fused-ring (bicyclic) bond motifs is 7. The van der Waals surface area contributed by atoms with Crippen molar-refractivity contribution in [2.45, 2.75) is 5.41 Å². The third kappa shape index (κ3) is 7.08. The molecule has 0 radical (unpaired) electrons. The minimum absolute atomic E-state index is 0.598. The molecule has 13 aromatic rings. The first-order chi connectivity index (χ1) is 36.7. The van der Waals surface area contributed by atoms with Crippen molar-refractivity contribution in [3.63, 3.8) is 0 Å². The summed E-state index contributed by atoms with van der Waals surface area (Å²) in [6.07, 6.45) is 0. The van der Waals surface area contributed by atoms with Gasteiger partial charge in [0.1, 0.15) is 0 Å². The maximum atomic E-state index is 2.59. The van der Waals surface area contributed by atoms with Crippen LogP contribution in [0.2, 0.25) is 0 Å². The number of rotatable bonds is 9. The van der Waals surface area contributed by atoms with Crippen LogP contribution in [0.4, 0.5) is 17.1 Å². The van der Waals surface area contributed by atoms with E-state index < -0.39 is 5.41 Å². The highest BCUT2D eigenvalue weighted by Gasteiger charge is 2.46. The van der Waals surface area contributed by atoms with Crippen LogP contribution >= 0.6 is 0 Å². The van der Waals surface area contributed by atoms with Gasteiger partial charge in [0.05, 0.1) is 11.1 Å². The van der Waals surface area contributed by atoms with Crippen LogP contribution < -0.4 is 4.90 Å². The molecule has 0 fully saturated rings. The van der Waals surface area contributed by atoms with E-state index in [1.807, 2.05) is 0 Å². The van der Waals surface area contributed by atoms with Gasteiger partial charge in [0.25, 0.3) is 0 Å². The molecule has 0 spiro atoms. The van der Waals surface area contributed by atoms with Gasteiger partial charge in [-0.25, -0.2) is 0 Å². The summed E-state index contributed by atoms with van der Waals surface area (Å²) in [6.45, 7) is 0. The van der Waals surface area contributed by atoms with E-state index in [1.165, 1.54) is 82.4 Å². The Morgan fingerprint density at radius 2 is 0.730 bits per heavy atom. The fourth-order valence-electron chi connectivity index (χ4n) is 12.2. The van der Waals surface area contributed by atoms with Gasteiger partial charge < -0.3 is 4.90 Å². The molecule has 0 heterocycles. The van der Waals surface area contributed by atoms with Gasteiger partial charge in [-0.15, -0.1) is 0 Å². The first-order valence-corrected chi connectivity index (χ1v) is 25.7. The maximum absolute atomic E-state index is 2.59. The summed E-state index contributed by atoms with van der Waals surface area (Å²) in [5.74, 6) is 0. The van der Waals surface area contributed by atoms with Crippen LogP contribution in [-0.4, -0.2) is 0 Å². The van der Waals surface area contributed by atoms with Crippen molar-refractivity contribution in [3.05, 3.63) is 320 Å². The number of anilines is 3. The summed E-state index contributed by atoms with van der Waals surface area (Å²) in [6, 6.07) is 110. The lowest BCUT2D eigenvalue weighted by molar-refractivity contribution is 0.768. The van der Waals surface area contributed by atoms with Crippen LogP contribution in [0.15, 0.2) is 297 Å². The van der Waals surface area contributed by atoms with Gasteiger partial charge in [-0.2, -0.15) is 0 Å². The Bertz CT molecular complexity index is 4140. The quantitative estimate of drug-likeness (QED) is 0.130. The average molecular weight is 940 g/mol. The minimum atomic E-state index is -0.598.